The molecule has 1 aromatic rings. The fourth-order valence-electron chi connectivity index (χ4n) is 4.07. The molecule has 0 aromatic carbocycles. The van der Waals surface area contributed by atoms with Gasteiger partial charge in [0.25, 0.3) is 5.91 Å². The Morgan fingerprint density at radius 3 is 2.45 bits per heavy atom. The summed E-state index contributed by atoms with van der Waals surface area (Å²) in [6, 6.07) is -0.421. The van der Waals surface area contributed by atoms with Crippen LogP contribution in [0.3, 0.4) is 0 Å². The number of rotatable bonds is 1. The molecule has 10 nitrogen and oxygen atoms in total. The topological polar surface area (TPSA) is 109 Å². The summed E-state index contributed by atoms with van der Waals surface area (Å²) in [7, 11) is -3.13. The molecule has 0 radical (unpaired) electrons. The van der Waals surface area contributed by atoms with Crippen LogP contribution in [0.15, 0.2) is 0 Å². The van der Waals surface area contributed by atoms with E-state index in [0.717, 1.165) is 0 Å². The predicted octanol–water partition coefficient (Wildman–Crippen LogP) is 2.08. The van der Waals surface area contributed by atoms with Gasteiger partial charge in [-0.2, -0.15) is 0 Å². The number of carbonyl (C=O) groups is 2. The first kappa shape index (κ1) is 24.2. The molecule has 4 rings (SSSR count). The summed E-state index contributed by atoms with van der Waals surface area (Å²) < 4.78 is 35.2. The predicted molar refractivity (Wildman–Crippen MR) is 123 cm³/mol. The molecule has 0 N–H and O–H groups in total. The number of hydrogen-bond acceptors (Lipinski definition) is 8. The van der Waals surface area contributed by atoms with E-state index in [2.05, 4.69) is 4.98 Å². The van der Waals surface area contributed by atoms with Gasteiger partial charge in [-0.15, -0.1) is 0 Å². The highest BCUT2D eigenvalue weighted by atomic mass is 35.5. The second-order valence-corrected chi connectivity index (χ2v) is 12.3. The van der Waals surface area contributed by atoms with Crippen LogP contribution >= 0.6 is 23.2 Å². The molecule has 1 atom stereocenters. The molecule has 0 saturated carbocycles. The Morgan fingerprint density at radius 2 is 1.82 bits per heavy atom. The molecule has 2 amide bonds. The molecule has 1 aromatic heterocycles. The maximum Gasteiger partial charge on any atom is 0.410 e. The fourth-order valence-corrected chi connectivity index (χ4v) is 5.62. The molecule has 13 heteroatoms. The van der Waals surface area contributed by atoms with Crippen molar-refractivity contribution in [1.82, 2.24) is 14.8 Å². The first-order chi connectivity index (χ1) is 15.4. The van der Waals surface area contributed by atoms with Crippen molar-refractivity contribution in [3.63, 3.8) is 0 Å². The number of halogens is 2. The van der Waals surface area contributed by atoms with E-state index in [1.54, 1.807) is 35.5 Å². The van der Waals surface area contributed by atoms with Gasteiger partial charge in [0.2, 0.25) is 0 Å². The highest BCUT2D eigenvalue weighted by Gasteiger charge is 2.41. The van der Waals surface area contributed by atoms with Gasteiger partial charge in [-0.3, -0.25) is 4.79 Å². The molecule has 33 heavy (non-hydrogen) atoms. The monoisotopic (exact) mass is 520 g/mol. The first-order valence-corrected chi connectivity index (χ1v) is 13.2. The minimum atomic E-state index is -3.13. The van der Waals surface area contributed by atoms with Crippen molar-refractivity contribution < 1.29 is 27.5 Å². The highest BCUT2D eigenvalue weighted by Crippen LogP contribution is 2.42. The summed E-state index contributed by atoms with van der Waals surface area (Å²) in [6.07, 6.45) is -0.450. The van der Waals surface area contributed by atoms with Crippen LogP contribution in [-0.2, 0) is 14.6 Å². The number of piperazine rings is 1. The van der Waals surface area contributed by atoms with E-state index in [0.29, 0.717) is 6.54 Å². The third-order valence-corrected chi connectivity index (χ3v) is 8.04. The Morgan fingerprint density at radius 1 is 1.15 bits per heavy atom. The van der Waals surface area contributed by atoms with E-state index in [1.165, 1.54) is 0 Å². The smallest absolute Gasteiger partial charge is 0.410 e. The molecule has 2 fully saturated rings. The third kappa shape index (κ3) is 4.95. The molecule has 4 heterocycles. The number of nitrogens with zero attached hydrogens (tertiary/aromatic N) is 4. The van der Waals surface area contributed by atoms with Gasteiger partial charge in [0.05, 0.1) is 17.5 Å². The summed E-state index contributed by atoms with van der Waals surface area (Å²) in [5, 5.41) is -0.000793. The van der Waals surface area contributed by atoms with Crippen molar-refractivity contribution in [2.75, 3.05) is 55.7 Å². The van der Waals surface area contributed by atoms with Crippen molar-refractivity contribution in [2.24, 2.45) is 0 Å². The molecular weight excluding hydrogens is 495 g/mol. The van der Waals surface area contributed by atoms with Crippen LogP contribution in [-0.4, -0.2) is 97.7 Å². The lowest BCUT2D eigenvalue weighted by molar-refractivity contribution is 0.000954. The number of pyridine rings is 1. The highest BCUT2D eigenvalue weighted by molar-refractivity contribution is 7.91. The largest absolute Gasteiger partial charge is 0.489 e. The summed E-state index contributed by atoms with van der Waals surface area (Å²) in [4.78, 5) is 35.4. The van der Waals surface area contributed by atoms with E-state index in [4.69, 9.17) is 32.7 Å². The molecule has 3 aliphatic heterocycles. The maximum atomic E-state index is 13.7. The number of carbonyl (C=O) groups excluding carboxylic acids is 2. The normalized spacial score (nSPS) is 22.8. The van der Waals surface area contributed by atoms with Crippen LogP contribution in [0.4, 0.5) is 10.6 Å². The van der Waals surface area contributed by atoms with Gasteiger partial charge in [0.15, 0.2) is 20.7 Å². The van der Waals surface area contributed by atoms with Gasteiger partial charge >= 0.3 is 6.09 Å². The Kier molecular flexibility index (Phi) is 6.34. The summed E-state index contributed by atoms with van der Waals surface area (Å²) in [5.41, 5.74) is -0.468. The molecule has 182 valence electrons. The minimum absolute atomic E-state index is 0.0252. The van der Waals surface area contributed by atoms with Crippen LogP contribution in [0, 0.1) is 0 Å². The van der Waals surface area contributed by atoms with Gasteiger partial charge in [0.1, 0.15) is 28.6 Å². The lowest BCUT2D eigenvalue weighted by atomic mass is 10.1. The molecule has 1 unspecified atom stereocenters. The van der Waals surface area contributed by atoms with Crippen LogP contribution < -0.4 is 9.64 Å². The molecular formula is C20H26Cl2N4O6S. The molecule has 0 spiro atoms. The minimum Gasteiger partial charge on any atom is -0.489 e. The van der Waals surface area contributed by atoms with Crippen molar-refractivity contribution >= 4 is 50.9 Å². The van der Waals surface area contributed by atoms with E-state index >= 15 is 0 Å². The second-order valence-electron chi connectivity index (χ2n) is 9.27. The number of hydrogen-bond donors (Lipinski definition) is 0. The second kappa shape index (κ2) is 8.66. The van der Waals surface area contributed by atoms with Crippen LogP contribution in [0.5, 0.6) is 5.75 Å². The van der Waals surface area contributed by atoms with E-state index in [9.17, 15) is 18.0 Å². The number of fused-ring (bicyclic) bond motifs is 2. The summed E-state index contributed by atoms with van der Waals surface area (Å²) >= 11 is 12.6. The van der Waals surface area contributed by atoms with Crippen molar-refractivity contribution in [1.29, 1.82) is 0 Å². The fraction of sp³-hybridized carbons (Fsp3) is 0.650. The lowest BCUT2D eigenvalue weighted by Crippen LogP contribution is -2.58. The number of anilines is 1. The zero-order valence-electron chi connectivity index (χ0n) is 18.6. The zero-order valence-corrected chi connectivity index (χ0v) is 21.0. The molecule has 0 aliphatic carbocycles. The summed E-state index contributed by atoms with van der Waals surface area (Å²) in [5.74, 6) is -0.0463. The number of aromatic nitrogens is 1. The Bertz CT molecular complexity index is 1080. The van der Waals surface area contributed by atoms with Crippen molar-refractivity contribution in [3.8, 4) is 5.75 Å². The lowest BCUT2D eigenvalue weighted by Gasteiger charge is -2.40. The van der Waals surface area contributed by atoms with E-state index < -0.39 is 27.6 Å². The number of sulfone groups is 1. The van der Waals surface area contributed by atoms with Gasteiger partial charge in [-0.1, -0.05) is 23.2 Å². The number of ether oxygens (including phenoxy) is 2. The van der Waals surface area contributed by atoms with Gasteiger partial charge in [-0.05, 0) is 20.8 Å². The molecule has 0 bridgehead atoms. The third-order valence-electron chi connectivity index (χ3n) is 5.71. The van der Waals surface area contributed by atoms with E-state index in [-0.39, 0.29) is 77.5 Å². The quantitative estimate of drug-likeness (QED) is 0.517. The van der Waals surface area contributed by atoms with Crippen LogP contribution in [0.1, 0.15) is 31.1 Å². The van der Waals surface area contributed by atoms with Crippen LogP contribution in [0.2, 0.25) is 10.2 Å². The molecule has 2 saturated heterocycles. The van der Waals surface area contributed by atoms with Gasteiger partial charge in [-0.25, -0.2) is 18.2 Å². The van der Waals surface area contributed by atoms with Crippen molar-refractivity contribution in [3.05, 3.63) is 15.7 Å². The van der Waals surface area contributed by atoms with Gasteiger partial charge in [0, 0.05) is 32.7 Å². The number of amides is 2. The SMILES string of the molecule is CC(C)(C)OC(=O)N1CCN2C(=O)c3c(N4CCS(=O)(=O)CC4)nc(Cl)c(Cl)c3OCC2C1. The standard InChI is InChI=1S/C20H26Cl2N4O6S/c1-20(2,3)32-19(28)25-4-5-26-12(10-25)11-31-15-13(18(26)27)17(23-16(22)14(15)21)24-6-8-33(29,30)9-7-24/h12H,4-11H2,1-3H3. The Hall–Kier alpha value is -1.98. The summed E-state index contributed by atoms with van der Waals surface area (Å²) in [6.45, 7) is 6.67. The zero-order chi connectivity index (χ0) is 24.1. The maximum absolute atomic E-state index is 13.7. The average Bonchev–Trinajstić information content (AvgIpc) is 2.86. The molecule has 3 aliphatic rings. The first-order valence-electron chi connectivity index (χ1n) is 10.6. The Balaban J connectivity index is 1.63. The average molecular weight is 521 g/mol. The van der Waals surface area contributed by atoms with Crippen molar-refractivity contribution in [2.45, 2.75) is 32.4 Å². The van der Waals surface area contributed by atoms with Gasteiger partial charge < -0.3 is 24.2 Å². The Labute approximate surface area is 202 Å². The van der Waals surface area contributed by atoms with Crippen LogP contribution in [0.25, 0.3) is 0 Å². The van der Waals surface area contributed by atoms with E-state index in [1.807, 2.05) is 0 Å².